The quantitative estimate of drug-likeness (QED) is 0.808. The van der Waals surface area contributed by atoms with E-state index in [4.69, 9.17) is 26.3 Å². The average Bonchev–Trinajstić information content (AvgIpc) is 2.84. The smallest absolute Gasteiger partial charge is 0.249 e. The molecule has 0 aromatic heterocycles. The summed E-state index contributed by atoms with van der Waals surface area (Å²) < 4.78 is 24.7. The van der Waals surface area contributed by atoms with Crippen LogP contribution in [0.2, 0.25) is 5.02 Å². The van der Waals surface area contributed by atoms with E-state index in [9.17, 15) is 9.18 Å². The molecule has 0 saturated heterocycles. The topological polar surface area (TPSA) is 61.5 Å². The molecule has 1 atom stereocenters. The number of halogens is 2. The molecular formula is C17H13ClFNO3S. The lowest BCUT2D eigenvalue weighted by Gasteiger charge is -2.12. The zero-order chi connectivity index (χ0) is 17.1. The highest BCUT2D eigenvalue weighted by atomic mass is 35.5. The third-order valence-electron chi connectivity index (χ3n) is 3.40. The summed E-state index contributed by atoms with van der Waals surface area (Å²) in [6.45, 7) is 0. The highest BCUT2D eigenvalue weighted by molar-refractivity contribution is 7.94. The van der Waals surface area contributed by atoms with Crippen molar-refractivity contribution in [1.82, 2.24) is 0 Å². The van der Waals surface area contributed by atoms with Crippen LogP contribution in [-0.4, -0.2) is 5.78 Å². The Balaban J connectivity index is 1.69. The van der Waals surface area contributed by atoms with Crippen molar-refractivity contribution in [3.8, 4) is 0 Å². The van der Waals surface area contributed by atoms with Crippen LogP contribution in [-0.2, 0) is 19.5 Å². The highest BCUT2D eigenvalue weighted by Gasteiger charge is 2.40. The molecular weight excluding hydrogens is 353 g/mol. The van der Waals surface area contributed by atoms with E-state index in [1.54, 1.807) is 0 Å². The highest BCUT2D eigenvalue weighted by Crippen LogP contribution is 2.37. The van der Waals surface area contributed by atoms with Crippen LogP contribution < -0.4 is 5.73 Å². The Kier molecular flexibility index (Phi) is 4.97. The van der Waals surface area contributed by atoms with E-state index in [0.717, 1.165) is 17.6 Å². The standard InChI is InChI=1S/C17H13ClFNO3S/c18-11-7-4-8-12(19)13(11)15-14(21)16(17(20)22-15)23-24-9-10-5-2-1-3-6-10/h1-8,15H,9,20H2. The van der Waals surface area contributed by atoms with Crippen LogP contribution in [0.1, 0.15) is 17.2 Å². The van der Waals surface area contributed by atoms with Crippen LogP contribution >= 0.6 is 23.6 Å². The normalized spacial score (nSPS) is 17.1. The fourth-order valence-electron chi connectivity index (χ4n) is 2.24. The van der Waals surface area contributed by atoms with Crippen LogP contribution in [0, 0.1) is 5.82 Å². The molecule has 0 saturated carbocycles. The molecule has 0 bridgehead atoms. The largest absolute Gasteiger partial charge is 0.460 e. The predicted molar refractivity (Wildman–Crippen MR) is 90.3 cm³/mol. The maximum atomic E-state index is 14.0. The summed E-state index contributed by atoms with van der Waals surface area (Å²) in [4.78, 5) is 12.4. The van der Waals surface area contributed by atoms with Crippen LogP contribution in [0.15, 0.2) is 60.2 Å². The van der Waals surface area contributed by atoms with E-state index >= 15 is 0 Å². The molecule has 24 heavy (non-hydrogen) atoms. The lowest BCUT2D eigenvalue weighted by molar-refractivity contribution is -0.123. The van der Waals surface area contributed by atoms with Gasteiger partial charge in [0, 0.05) is 0 Å². The molecule has 2 aromatic carbocycles. The number of rotatable bonds is 5. The molecule has 2 N–H and O–H groups in total. The molecule has 0 aliphatic carbocycles. The van der Waals surface area contributed by atoms with Gasteiger partial charge in [0.1, 0.15) is 5.82 Å². The van der Waals surface area contributed by atoms with Gasteiger partial charge >= 0.3 is 0 Å². The monoisotopic (exact) mass is 365 g/mol. The summed E-state index contributed by atoms with van der Waals surface area (Å²) >= 11 is 7.03. The number of benzene rings is 2. The molecule has 3 rings (SSSR count). The van der Waals surface area contributed by atoms with Gasteiger partial charge in [-0.25, -0.2) is 4.39 Å². The minimum atomic E-state index is -1.23. The number of ketones is 1. The Morgan fingerprint density at radius 1 is 1.21 bits per heavy atom. The first-order chi connectivity index (χ1) is 11.6. The Bertz CT molecular complexity index is 777. The van der Waals surface area contributed by atoms with Crippen molar-refractivity contribution in [2.75, 3.05) is 0 Å². The van der Waals surface area contributed by atoms with Crippen molar-refractivity contribution in [2.45, 2.75) is 11.9 Å². The lowest BCUT2D eigenvalue weighted by atomic mass is 10.1. The Hall–Kier alpha value is -2.18. The second-order valence-corrected chi connectivity index (χ2v) is 6.12. The molecule has 0 fully saturated rings. The first kappa shape index (κ1) is 16.7. The number of hydrogen-bond acceptors (Lipinski definition) is 5. The summed E-state index contributed by atoms with van der Waals surface area (Å²) in [7, 11) is 0. The molecule has 1 unspecified atom stereocenters. The van der Waals surface area contributed by atoms with Crippen molar-refractivity contribution in [3.63, 3.8) is 0 Å². The SMILES string of the molecule is NC1=C(OSCc2ccccc2)C(=O)C(c2c(F)cccc2Cl)O1. The van der Waals surface area contributed by atoms with E-state index in [0.29, 0.717) is 5.75 Å². The molecule has 0 amide bonds. The second kappa shape index (κ2) is 7.15. The second-order valence-electron chi connectivity index (χ2n) is 5.02. The van der Waals surface area contributed by atoms with Crippen molar-refractivity contribution in [3.05, 3.63) is 82.1 Å². The molecule has 4 nitrogen and oxygen atoms in total. The zero-order valence-corrected chi connectivity index (χ0v) is 13.9. The van der Waals surface area contributed by atoms with E-state index < -0.39 is 17.7 Å². The maximum Gasteiger partial charge on any atom is 0.249 e. The van der Waals surface area contributed by atoms with Crippen LogP contribution in [0.4, 0.5) is 4.39 Å². The number of ether oxygens (including phenoxy) is 1. The van der Waals surface area contributed by atoms with Crippen molar-refractivity contribution in [1.29, 1.82) is 0 Å². The van der Waals surface area contributed by atoms with Crippen molar-refractivity contribution >= 4 is 29.4 Å². The molecule has 1 heterocycles. The number of carbonyl (C=O) groups excluding carboxylic acids is 1. The molecule has 0 radical (unpaired) electrons. The van der Waals surface area contributed by atoms with Gasteiger partial charge in [0.05, 0.1) is 28.4 Å². The van der Waals surface area contributed by atoms with Crippen molar-refractivity contribution < 1.29 is 18.1 Å². The number of carbonyl (C=O) groups is 1. The molecule has 7 heteroatoms. The van der Waals surface area contributed by atoms with Gasteiger partial charge in [0.2, 0.25) is 17.4 Å². The third-order valence-corrected chi connectivity index (χ3v) is 4.47. The van der Waals surface area contributed by atoms with Gasteiger partial charge in [-0.2, -0.15) is 0 Å². The minimum absolute atomic E-state index is 0.0428. The van der Waals surface area contributed by atoms with Gasteiger partial charge in [-0.1, -0.05) is 48.0 Å². The van der Waals surface area contributed by atoms with Crippen LogP contribution in [0.25, 0.3) is 0 Å². The Labute approximate surface area is 147 Å². The summed E-state index contributed by atoms with van der Waals surface area (Å²) in [6.07, 6.45) is -1.23. The number of Topliss-reactive ketones (excluding diaryl/α,β-unsaturated/α-hetero) is 1. The van der Waals surface area contributed by atoms with Crippen LogP contribution in [0.5, 0.6) is 0 Å². The fourth-order valence-corrected chi connectivity index (χ4v) is 3.17. The number of hydrogen-bond donors (Lipinski definition) is 1. The van der Waals surface area contributed by atoms with E-state index in [-0.39, 0.29) is 22.2 Å². The maximum absolute atomic E-state index is 14.0. The zero-order valence-electron chi connectivity index (χ0n) is 12.4. The minimum Gasteiger partial charge on any atom is -0.460 e. The van der Waals surface area contributed by atoms with Gasteiger partial charge in [-0.15, -0.1) is 0 Å². The summed E-state index contributed by atoms with van der Waals surface area (Å²) in [5.74, 6) is -0.965. The first-order valence-electron chi connectivity index (χ1n) is 7.06. The Morgan fingerprint density at radius 3 is 2.67 bits per heavy atom. The van der Waals surface area contributed by atoms with Crippen molar-refractivity contribution in [2.24, 2.45) is 5.73 Å². The van der Waals surface area contributed by atoms with Crippen LogP contribution in [0.3, 0.4) is 0 Å². The van der Waals surface area contributed by atoms with Gasteiger partial charge in [0.25, 0.3) is 0 Å². The lowest BCUT2D eigenvalue weighted by Crippen LogP contribution is -2.12. The molecule has 1 aliphatic rings. The summed E-state index contributed by atoms with van der Waals surface area (Å²) in [5, 5.41) is 0.0966. The fraction of sp³-hybridized carbons (Fsp3) is 0.118. The summed E-state index contributed by atoms with van der Waals surface area (Å²) in [5.41, 5.74) is 6.70. The first-order valence-corrected chi connectivity index (χ1v) is 8.34. The van der Waals surface area contributed by atoms with Gasteiger partial charge in [-0.3, -0.25) is 4.79 Å². The van der Waals surface area contributed by atoms with Gasteiger partial charge < -0.3 is 14.7 Å². The van der Waals surface area contributed by atoms with E-state index in [1.807, 2.05) is 30.3 Å². The Morgan fingerprint density at radius 2 is 1.96 bits per heavy atom. The molecule has 0 spiro atoms. The molecule has 1 aliphatic heterocycles. The van der Waals surface area contributed by atoms with E-state index in [2.05, 4.69) is 0 Å². The van der Waals surface area contributed by atoms with E-state index in [1.165, 1.54) is 18.2 Å². The third kappa shape index (κ3) is 3.34. The molecule has 2 aromatic rings. The van der Waals surface area contributed by atoms with Gasteiger partial charge in [0.15, 0.2) is 6.10 Å². The molecule has 124 valence electrons. The average molecular weight is 366 g/mol. The number of nitrogens with two attached hydrogens (primary N) is 1. The summed E-state index contributed by atoms with van der Waals surface area (Å²) in [6, 6.07) is 13.7. The van der Waals surface area contributed by atoms with Gasteiger partial charge in [-0.05, 0) is 17.7 Å². The predicted octanol–water partition coefficient (Wildman–Crippen LogP) is 4.11.